The molecule has 1 amide bonds. The molecule has 0 fully saturated rings. The summed E-state index contributed by atoms with van der Waals surface area (Å²) in [6, 6.07) is 7.08. The van der Waals surface area contributed by atoms with Gasteiger partial charge in [0.1, 0.15) is 11.2 Å². The van der Waals surface area contributed by atoms with Crippen molar-refractivity contribution < 1.29 is 9.18 Å². The lowest BCUT2D eigenvalue weighted by Crippen LogP contribution is -2.37. The first-order valence-corrected chi connectivity index (χ1v) is 7.47. The minimum atomic E-state index is -0.539. The predicted molar refractivity (Wildman–Crippen MR) is 91.0 cm³/mol. The molecule has 0 aliphatic heterocycles. The Labute approximate surface area is 141 Å². The lowest BCUT2D eigenvalue weighted by Gasteiger charge is -2.11. The molecule has 0 aliphatic carbocycles. The second-order valence-corrected chi connectivity index (χ2v) is 5.61. The molecule has 8 heteroatoms. The second-order valence-electron chi connectivity index (χ2n) is 5.61. The second kappa shape index (κ2) is 6.31. The average Bonchev–Trinajstić information content (AvgIpc) is 2.60. The molecule has 2 aromatic heterocycles. The van der Waals surface area contributed by atoms with E-state index in [0.29, 0.717) is 5.56 Å². The monoisotopic (exact) mass is 342 g/mol. The van der Waals surface area contributed by atoms with Gasteiger partial charge < -0.3 is 5.32 Å². The number of anilines is 1. The number of halogens is 1. The molecule has 0 bridgehead atoms. The van der Waals surface area contributed by atoms with Crippen molar-refractivity contribution in [1.29, 1.82) is 0 Å². The molecule has 3 aromatic rings. The highest BCUT2D eigenvalue weighted by atomic mass is 19.1. The van der Waals surface area contributed by atoms with Gasteiger partial charge in [-0.25, -0.2) is 14.2 Å². The fraction of sp³-hybridized carbons (Fsp3) is 0.176. The van der Waals surface area contributed by atoms with Gasteiger partial charge in [-0.2, -0.15) is 0 Å². The molecule has 128 valence electrons. The summed E-state index contributed by atoms with van der Waals surface area (Å²) in [6.45, 7) is 0. The van der Waals surface area contributed by atoms with Gasteiger partial charge in [0.05, 0.1) is 12.1 Å². The Morgan fingerprint density at radius 2 is 1.80 bits per heavy atom. The van der Waals surface area contributed by atoms with Crippen LogP contribution in [-0.2, 0) is 25.3 Å². The Bertz CT molecular complexity index is 1080. The number of benzene rings is 1. The topological polar surface area (TPSA) is 86.0 Å². The Morgan fingerprint density at radius 3 is 2.48 bits per heavy atom. The molecule has 1 N–H and O–H groups in total. The van der Waals surface area contributed by atoms with Crippen LogP contribution in [0.1, 0.15) is 5.56 Å². The molecule has 0 unspecified atom stereocenters. The zero-order valence-electron chi connectivity index (χ0n) is 13.6. The van der Waals surface area contributed by atoms with Crippen LogP contribution in [0.15, 0.2) is 46.1 Å². The maximum absolute atomic E-state index is 12.9. The molecule has 0 aliphatic rings. The number of carbonyl (C=O) groups excluding carboxylic acids is 1. The predicted octanol–water partition coefficient (Wildman–Crippen LogP) is 0.952. The number of nitrogens with zero attached hydrogens (tertiary/aromatic N) is 3. The van der Waals surface area contributed by atoms with Crippen molar-refractivity contribution in [3.05, 3.63) is 68.7 Å². The smallest absolute Gasteiger partial charge is 0.325 e. The van der Waals surface area contributed by atoms with Crippen LogP contribution >= 0.6 is 0 Å². The number of carbonyl (C=O) groups is 1. The standard InChI is InChI=1S/C17H15FN4O3/c1-21-15-14(16(24)22(2)17(21)25)12(7-8-19-15)20-13(23)9-10-3-5-11(18)6-4-10/h3-8H,9H2,1-2H3,(H,19,20,23). The molecule has 1 aromatic carbocycles. The lowest BCUT2D eigenvalue weighted by atomic mass is 10.1. The number of hydrogen-bond donors (Lipinski definition) is 1. The molecule has 0 radical (unpaired) electrons. The Morgan fingerprint density at radius 1 is 1.12 bits per heavy atom. The summed E-state index contributed by atoms with van der Waals surface area (Å²) in [5, 5.41) is 2.81. The van der Waals surface area contributed by atoms with Gasteiger partial charge in [0.15, 0.2) is 5.65 Å². The average molecular weight is 342 g/mol. The number of rotatable bonds is 3. The SMILES string of the molecule is Cn1c(=O)c2c(NC(=O)Cc3ccc(F)cc3)ccnc2n(C)c1=O. The van der Waals surface area contributed by atoms with Crippen molar-refractivity contribution in [2.45, 2.75) is 6.42 Å². The van der Waals surface area contributed by atoms with E-state index in [1.165, 1.54) is 55.2 Å². The summed E-state index contributed by atoms with van der Waals surface area (Å²) in [4.78, 5) is 40.7. The molecule has 25 heavy (non-hydrogen) atoms. The zero-order valence-corrected chi connectivity index (χ0v) is 13.6. The summed E-state index contributed by atoms with van der Waals surface area (Å²) in [6.07, 6.45) is 1.44. The van der Waals surface area contributed by atoms with Crippen molar-refractivity contribution in [3.63, 3.8) is 0 Å². The van der Waals surface area contributed by atoms with E-state index < -0.39 is 11.2 Å². The van der Waals surface area contributed by atoms with Crippen LogP contribution in [0.4, 0.5) is 10.1 Å². The largest absolute Gasteiger partial charge is 0.332 e. The maximum Gasteiger partial charge on any atom is 0.332 e. The number of pyridine rings is 1. The number of fused-ring (bicyclic) bond motifs is 1. The maximum atomic E-state index is 12.9. The van der Waals surface area contributed by atoms with Gasteiger partial charge in [0.25, 0.3) is 5.56 Å². The van der Waals surface area contributed by atoms with Gasteiger partial charge in [0, 0.05) is 20.3 Å². The van der Waals surface area contributed by atoms with E-state index >= 15 is 0 Å². The summed E-state index contributed by atoms with van der Waals surface area (Å²) >= 11 is 0. The number of nitrogens with one attached hydrogen (secondary N) is 1. The van der Waals surface area contributed by atoms with Gasteiger partial charge in [-0.15, -0.1) is 0 Å². The molecule has 0 saturated carbocycles. The third kappa shape index (κ3) is 3.06. The van der Waals surface area contributed by atoms with Crippen LogP contribution in [0.3, 0.4) is 0 Å². The molecule has 3 rings (SSSR count). The minimum absolute atomic E-state index is 0.0240. The fourth-order valence-corrected chi connectivity index (χ4v) is 2.57. The summed E-state index contributed by atoms with van der Waals surface area (Å²) in [7, 11) is 2.86. The molecule has 7 nitrogen and oxygen atoms in total. The van der Waals surface area contributed by atoms with Gasteiger partial charge in [-0.05, 0) is 23.8 Å². The highest BCUT2D eigenvalue weighted by Crippen LogP contribution is 2.17. The summed E-state index contributed by atoms with van der Waals surface area (Å²) in [5.74, 6) is -0.747. The van der Waals surface area contributed by atoms with Crippen LogP contribution in [0, 0.1) is 5.82 Å². The van der Waals surface area contributed by atoms with E-state index in [4.69, 9.17) is 0 Å². The zero-order chi connectivity index (χ0) is 18.1. The molecule has 0 spiro atoms. The van der Waals surface area contributed by atoms with E-state index in [2.05, 4.69) is 10.3 Å². The van der Waals surface area contributed by atoms with Crippen molar-refractivity contribution in [1.82, 2.24) is 14.1 Å². The van der Waals surface area contributed by atoms with Crippen molar-refractivity contribution in [2.75, 3.05) is 5.32 Å². The van der Waals surface area contributed by atoms with Crippen LogP contribution in [0.5, 0.6) is 0 Å². The highest BCUT2D eigenvalue weighted by Gasteiger charge is 2.15. The van der Waals surface area contributed by atoms with E-state index in [1.54, 1.807) is 0 Å². The molecular weight excluding hydrogens is 327 g/mol. The first-order valence-electron chi connectivity index (χ1n) is 7.47. The fourth-order valence-electron chi connectivity index (χ4n) is 2.57. The van der Waals surface area contributed by atoms with Crippen molar-refractivity contribution >= 4 is 22.6 Å². The number of aromatic nitrogens is 3. The van der Waals surface area contributed by atoms with Gasteiger partial charge in [0.2, 0.25) is 5.91 Å². The van der Waals surface area contributed by atoms with Crippen LogP contribution < -0.4 is 16.6 Å². The minimum Gasteiger partial charge on any atom is -0.325 e. The quantitative estimate of drug-likeness (QED) is 0.768. The third-order valence-electron chi connectivity index (χ3n) is 3.89. The van der Waals surface area contributed by atoms with Crippen LogP contribution in [0.2, 0.25) is 0 Å². The molecular formula is C17H15FN4O3. The third-order valence-corrected chi connectivity index (χ3v) is 3.89. The van der Waals surface area contributed by atoms with Gasteiger partial charge in [-0.1, -0.05) is 12.1 Å². The highest BCUT2D eigenvalue weighted by molar-refractivity contribution is 6.00. The molecule has 2 heterocycles. The van der Waals surface area contributed by atoms with E-state index in [9.17, 15) is 18.8 Å². The molecule has 0 saturated heterocycles. The van der Waals surface area contributed by atoms with Crippen LogP contribution in [0.25, 0.3) is 11.0 Å². The lowest BCUT2D eigenvalue weighted by molar-refractivity contribution is -0.115. The first kappa shape index (κ1) is 16.6. The number of amides is 1. The first-order chi connectivity index (χ1) is 11.9. The van der Waals surface area contributed by atoms with Crippen molar-refractivity contribution in [2.24, 2.45) is 14.1 Å². The molecule has 0 atom stereocenters. The Kier molecular flexibility index (Phi) is 4.18. The normalized spacial score (nSPS) is 10.8. The van der Waals surface area contributed by atoms with E-state index in [0.717, 1.165) is 4.57 Å². The van der Waals surface area contributed by atoms with Gasteiger partial charge >= 0.3 is 5.69 Å². The van der Waals surface area contributed by atoms with Crippen molar-refractivity contribution in [3.8, 4) is 0 Å². The number of hydrogen-bond acceptors (Lipinski definition) is 4. The summed E-state index contributed by atoms with van der Waals surface area (Å²) < 4.78 is 15.1. The van der Waals surface area contributed by atoms with E-state index in [-0.39, 0.29) is 34.9 Å². The number of aryl methyl sites for hydroxylation is 1. The van der Waals surface area contributed by atoms with E-state index in [1.807, 2.05) is 0 Å². The van der Waals surface area contributed by atoms with Gasteiger partial charge in [-0.3, -0.25) is 18.7 Å². The Balaban J connectivity index is 1.99. The summed E-state index contributed by atoms with van der Waals surface area (Å²) in [5.41, 5.74) is 0.0571. The van der Waals surface area contributed by atoms with Crippen LogP contribution in [-0.4, -0.2) is 20.0 Å². The Hall–Kier alpha value is -3.29.